The number of benzene rings is 1. The Balaban J connectivity index is 2.16. The number of nitrogens with zero attached hydrogens (tertiary/aromatic N) is 2. The Kier molecular flexibility index (Phi) is 4.07. The fourth-order valence-electron chi connectivity index (χ4n) is 2.26. The molecule has 5 heteroatoms. The minimum absolute atomic E-state index is 0.0517. The number of nitrogens with two attached hydrogens (primary N) is 1. The third-order valence-electron chi connectivity index (χ3n) is 3.52. The number of carbonyl (C=O) groups excluding carboxylic acids is 1. The zero-order valence-electron chi connectivity index (χ0n) is 11.7. The number of hydrogen-bond donors (Lipinski definition) is 1. The van der Waals surface area contributed by atoms with Crippen molar-refractivity contribution in [2.75, 3.05) is 43.7 Å². The lowest BCUT2D eigenvalue weighted by Gasteiger charge is -2.21. The molecule has 104 valence electrons. The van der Waals surface area contributed by atoms with E-state index in [1.807, 2.05) is 32.2 Å². The average Bonchev–Trinajstić information content (AvgIpc) is 2.64. The summed E-state index contributed by atoms with van der Waals surface area (Å²) in [4.78, 5) is 15.6. The van der Waals surface area contributed by atoms with Crippen molar-refractivity contribution in [1.29, 1.82) is 0 Å². The molecule has 1 aromatic carbocycles. The summed E-state index contributed by atoms with van der Waals surface area (Å²) < 4.78 is 5.35. The maximum absolute atomic E-state index is 11.8. The molecule has 1 aliphatic heterocycles. The van der Waals surface area contributed by atoms with E-state index in [0.29, 0.717) is 6.61 Å². The molecule has 0 spiro atoms. The van der Waals surface area contributed by atoms with Crippen LogP contribution in [0.3, 0.4) is 0 Å². The van der Waals surface area contributed by atoms with E-state index in [1.165, 1.54) is 0 Å². The van der Waals surface area contributed by atoms with Crippen LogP contribution in [0.25, 0.3) is 0 Å². The standard InChI is InChI=1S/C14H21N3O2/c1-4-19-8-7-16(2)10-5-6-11-12(9-10)17(3)14(18)13(11)15/h5-6,9,13H,4,7-8,15H2,1-3H3. The molecular weight excluding hydrogens is 242 g/mol. The molecule has 19 heavy (non-hydrogen) atoms. The van der Waals surface area contributed by atoms with Crippen molar-refractivity contribution < 1.29 is 9.53 Å². The topological polar surface area (TPSA) is 58.8 Å². The highest BCUT2D eigenvalue weighted by Crippen LogP contribution is 2.36. The van der Waals surface area contributed by atoms with E-state index in [1.54, 1.807) is 11.9 Å². The molecule has 1 aromatic rings. The van der Waals surface area contributed by atoms with Crippen LogP contribution in [0, 0.1) is 0 Å². The van der Waals surface area contributed by atoms with Gasteiger partial charge in [0, 0.05) is 38.5 Å². The van der Waals surface area contributed by atoms with E-state index < -0.39 is 6.04 Å². The Bertz CT molecular complexity index is 476. The van der Waals surface area contributed by atoms with E-state index in [-0.39, 0.29) is 5.91 Å². The molecule has 1 amide bonds. The van der Waals surface area contributed by atoms with E-state index in [2.05, 4.69) is 4.90 Å². The van der Waals surface area contributed by atoms with Crippen molar-refractivity contribution in [1.82, 2.24) is 0 Å². The van der Waals surface area contributed by atoms with Crippen molar-refractivity contribution in [2.45, 2.75) is 13.0 Å². The lowest BCUT2D eigenvalue weighted by molar-refractivity contribution is -0.118. The molecule has 5 nitrogen and oxygen atoms in total. The molecule has 1 aliphatic rings. The van der Waals surface area contributed by atoms with Gasteiger partial charge in [-0.2, -0.15) is 0 Å². The molecule has 0 fully saturated rings. The van der Waals surface area contributed by atoms with Crippen LogP contribution < -0.4 is 15.5 Å². The zero-order valence-corrected chi connectivity index (χ0v) is 11.7. The summed E-state index contributed by atoms with van der Waals surface area (Å²) in [7, 11) is 3.77. The summed E-state index contributed by atoms with van der Waals surface area (Å²) in [5.41, 5.74) is 8.74. The summed E-state index contributed by atoms with van der Waals surface area (Å²) in [5, 5.41) is 0. The van der Waals surface area contributed by atoms with E-state index >= 15 is 0 Å². The highest BCUT2D eigenvalue weighted by molar-refractivity contribution is 6.04. The molecule has 1 unspecified atom stereocenters. The van der Waals surface area contributed by atoms with Gasteiger partial charge in [0.15, 0.2) is 0 Å². The predicted octanol–water partition coefficient (Wildman–Crippen LogP) is 1.14. The third kappa shape index (κ3) is 2.57. The fraction of sp³-hybridized carbons (Fsp3) is 0.500. The van der Waals surface area contributed by atoms with Crippen LogP contribution >= 0.6 is 0 Å². The molecular formula is C14H21N3O2. The van der Waals surface area contributed by atoms with Crippen LogP contribution in [0.5, 0.6) is 0 Å². The quantitative estimate of drug-likeness (QED) is 0.809. The summed E-state index contributed by atoms with van der Waals surface area (Å²) in [6.07, 6.45) is 0. The van der Waals surface area contributed by atoms with Crippen molar-refractivity contribution in [3.63, 3.8) is 0 Å². The van der Waals surface area contributed by atoms with Gasteiger partial charge in [0.25, 0.3) is 0 Å². The molecule has 1 atom stereocenters. The Morgan fingerprint density at radius 3 is 2.89 bits per heavy atom. The number of fused-ring (bicyclic) bond motifs is 1. The maximum atomic E-state index is 11.8. The van der Waals surface area contributed by atoms with Crippen LogP contribution in [-0.2, 0) is 9.53 Å². The van der Waals surface area contributed by atoms with Gasteiger partial charge >= 0.3 is 0 Å². The molecule has 2 N–H and O–H groups in total. The van der Waals surface area contributed by atoms with Gasteiger partial charge in [-0.25, -0.2) is 0 Å². The van der Waals surface area contributed by atoms with Gasteiger partial charge in [0.1, 0.15) is 6.04 Å². The van der Waals surface area contributed by atoms with Crippen molar-refractivity contribution in [3.05, 3.63) is 23.8 Å². The van der Waals surface area contributed by atoms with Gasteiger partial charge in [-0.1, -0.05) is 6.07 Å². The zero-order chi connectivity index (χ0) is 14.0. The second kappa shape index (κ2) is 5.59. The average molecular weight is 263 g/mol. The molecule has 0 aliphatic carbocycles. The van der Waals surface area contributed by atoms with Gasteiger partial charge < -0.3 is 20.3 Å². The first-order valence-corrected chi connectivity index (χ1v) is 6.52. The SMILES string of the molecule is CCOCCN(C)c1ccc2c(c1)N(C)C(=O)C2N. The second-order valence-electron chi connectivity index (χ2n) is 4.74. The highest BCUT2D eigenvalue weighted by atomic mass is 16.5. The molecule has 0 radical (unpaired) electrons. The molecule has 0 saturated carbocycles. The van der Waals surface area contributed by atoms with E-state index in [9.17, 15) is 4.79 Å². The van der Waals surface area contributed by atoms with Crippen LogP contribution in [0.15, 0.2) is 18.2 Å². The summed E-state index contributed by atoms with van der Waals surface area (Å²) >= 11 is 0. The summed E-state index contributed by atoms with van der Waals surface area (Å²) in [6, 6.07) is 5.42. The summed E-state index contributed by atoms with van der Waals surface area (Å²) in [6.45, 7) is 4.22. The molecule has 0 saturated heterocycles. The number of likely N-dealkylation sites (N-methyl/N-ethyl adjacent to an activating group) is 2. The number of hydrogen-bond acceptors (Lipinski definition) is 4. The summed E-state index contributed by atoms with van der Waals surface area (Å²) in [5.74, 6) is -0.0517. The number of anilines is 2. The monoisotopic (exact) mass is 263 g/mol. The minimum atomic E-state index is -0.525. The van der Waals surface area contributed by atoms with Gasteiger partial charge in [0.2, 0.25) is 5.91 Å². The first kappa shape index (κ1) is 13.8. The number of rotatable bonds is 5. The second-order valence-corrected chi connectivity index (χ2v) is 4.74. The van der Waals surface area contributed by atoms with Crippen molar-refractivity contribution in [3.8, 4) is 0 Å². The van der Waals surface area contributed by atoms with Crippen LogP contribution in [0.2, 0.25) is 0 Å². The molecule has 0 bridgehead atoms. The Hall–Kier alpha value is -1.59. The van der Waals surface area contributed by atoms with Gasteiger partial charge in [0.05, 0.1) is 12.3 Å². The third-order valence-corrected chi connectivity index (χ3v) is 3.52. The van der Waals surface area contributed by atoms with Crippen molar-refractivity contribution >= 4 is 17.3 Å². The van der Waals surface area contributed by atoms with Gasteiger partial charge in [-0.3, -0.25) is 4.79 Å². The molecule has 1 heterocycles. The van der Waals surface area contributed by atoms with Crippen molar-refractivity contribution in [2.24, 2.45) is 5.73 Å². The van der Waals surface area contributed by atoms with Crippen LogP contribution in [0.4, 0.5) is 11.4 Å². The Labute approximate surface area is 113 Å². The first-order chi connectivity index (χ1) is 9.06. The Morgan fingerprint density at radius 1 is 1.47 bits per heavy atom. The number of ether oxygens (including phenoxy) is 1. The maximum Gasteiger partial charge on any atom is 0.248 e. The fourth-order valence-corrected chi connectivity index (χ4v) is 2.26. The Morgan fingerprint density at radius 2 is 2.21 bits per heavy atom. The predicted molar refractivity (Wildman–Crippen MR) is 76.5 cm³/mol. The molecule has 2 rings (SSSR count). The smallest absolute Gasteiger partial charge is 0.248 e. The minimum Gasteiger partial charge on any atom is -0.380 e. The van der Waals surface area contributed by atoms with Gasteiger partial charge in [-0.15, -0.1) is 0 Å². The van der Waals surface area contributed by atoms with Gasteiger partial charge in [-0.05, 0) is 19.1 Å². The molecule has 0 aromatic heterocycles. The van der Waals surface area contributed by atoms with E-state index in [0.717, 1.165) is 30.1 Å². The van der Waals surface area contributed by atoms with E-state index in [4.69, 9.17) is 10.5 Å². The number of carbonyl (C=O) groups is 1. The largest absolute Gasteiger partial charge is 0.380 e. The van der Waals surface area contributed by atoms with Crippen LogP contribution in [0.1, 0.15) is 18.5 Å². The normalized spacial score (nSPS) is 17.8. The number of amides is 1. The highest BCUT2D eigenvalue weighted by Gasteiger charge is 2.32. The lowest BCUT2D eigenvalue weighted by Crippen LogP contribution is -2.28. The first-order valence-electron chi connectivity index (χ1n) is 6.52. The van der Waals surface area contributed by atoms with Crippen LogP contribution in [-0.4, -0.2) is 39.8 Å². The lowest BCUT2D eigenvalue weighted by atomic mass is 10.1.